The number of quaternary nitrogens is 2. The molecule has 5 saturated heterocycles. The first kappa shape index (κ1) is 80.1. The zero-order valence-corrected chi connectivity index (χ0v) is 59.4. The number of fused-ring (bicyclic) bond motifs is 3. The number of aliphatic carboxylic acids is 1. The summed E-state index contributed by atoms with van der Waals surface area (Å²) < 4.78 is 24.5. The van der Waals surface area contributed by atoms with Gasteiger partial charge in [0.15, 0.2) is 19.7 Å². The summed E-state index contributed by atoms with van der Waals surface area (Å²) in [6, 6.07) is 11.6. The summed E-state index contributed by atoms with van der Waals surface area (Å²) in [6.07, 6.45) is 5.20. The molecule has 6 heterocycles. The van der Waals surface area contributed by atoms with Gasteiger partial charge in [-0.25, -0.2) is 14.2 Å². The van der Waals surface area contributed by atoms with Crippen LogP contribution in [0.4, 0.5) is 0 Å². The van der Waals surface area contributed by atoms with E-state index in [1.54, 1.807) is 18.2 Å². The summed E-state index contributed by atoms with van der Waals surface area (Å²) in [5.41, 5.74) is 11.4. The third-order valence-corrected chi connectivity index (χ3v) is 19.0. The molecule has 5 aliphatic rings. The molecule has 99 heavy (non-hydrogen) atoms. The first-order valence-electron chi connectivity index (χ1n) is 34.1. The molecular weight excluding hydrogens is 1450 g/mol. The number of carbonyl (C=O) groups excluding carboxylic acids is 8. The number of carboxylic acid groups (broad SMARTS) is 1. The smallest absolute Gasteiger partial charge is 0.475 e. The van der Waals surface area contributed by atoms with Crippen molar-refractivity contribution in [1.29, 1.82) is 0 Å². The number of benzene rings is 2. The zero-order chi connectivity index (χ0) is 70.0. The minimum atomic E-state index is -1.66. The average molecular weight is 1550 g/mol. The van der Waals surface area contributed by atoms with Crippen LogP contribution in [0, 0.1) is 8.99 Å². The number of rotatable bonds is 40. The fourth-order valence-corrected chi connectivity index (χ4v) is 13.3. The van der Waals surface area contributed by atoms with Gasteiger partial charge in [0, 0.05) is 115 Å². The van der Waals surface area contributed by atoms with Crippen LogP contribution >= 0.6 is 22.6 Å². The Balaban J connectivity index is 0.0000138. The van der Waals surface area contributed by atoms with Gasteiger partial charge in [0.05, 0.1) is 75.2 Å². The number of unbranched alkanes of at least 4 members (excludes halogenated alkanes) is 2. The quantitative estimate of drug-likeness (QED) is 0.0151. The van der Waals surface area contributed by atoms with Crippen LogP contribution in [0.25, 0.3) is 21.8 Å². The molecule has 549 valence electrons. The van der Waals surface area contributed by atoms with Gasteiger partial charge in [0.2, 0.25) is 35.4 Å². The van der Waals surface area contributed by atoms with E-state index in [2.05, 4.69) is 82.3 Å². The molecule has 7 atom stereocenters. The second-order valence-electron chi connectivity index (χ2n) is 26.1. The number of pyridine rings is 1. The molecule has 5 unspecified atom stereocenters. The van der Waals surface area contributed by atoms with Crippen LogP contribution in [0.3, 0.4) is 0 Å². The van der Waals surface area contributed by atoms with Gasteiger partial charge < -0.3 is 97.7 Å². The molecule has 1 aromatic heterocycles. The van der Waals surface area contributed by atoms with Gasteiger partial charge in [-0.05, 0) is 116 Å². The van der Waals surface area contributed by atoms with Crippen LogP contribution in [0.15, 0.2) is 54.7 Å². The van der Waals surface area contributed by atoms with Crippen molar-refractivity contribution < 1.29 is 104 Å². The van der Waals surface area contributed by atoms with E-state index in [1.165, 1.54) is 17.2 Å². The Labute approximate surface area is 601 Å². The minimum Gasteiger partial charge on any atom is -0.484 e. The normalized spacial score (nSPS) is 22.1. The molecule has 8 rings (SSSR count). The summed E-state index contributed by atoms with van der Waals surface area (Å²) in [6.45, 7) is 11.5. The average Bonchev–Trinajstić information content (AvgIpc) is 1.55. The number of amides is 8. The van der Waals surface area contributed by atoms with E-state index in [-0.39, 0.29) is 150 Å². The molecule has 0 saturated carbocycles. The number of halogens is 1. The predicted molar refractivity (Wildman–Crippen MR) is 368 cm³/mol. The summed E-state index contributed by atoms with van der Waals surface area (Å²) in [4.78, 5) is 122. The molecule has 12 N–H and O–H groups in total. The van der Waals surface area contributed by atoms with Crippen molar-refractivity contribution in [3.8, 4) is 5.75 Å². The van der Waals surface area contributed by atoms with Crippen LogP contribution in [-0.2, 0) is 76.1 Å². The number of ether oxygens (including phenoxy) is 4. The second-order valence-corrected chi connectivity index (χ2v) is 27.4. The first-order valence-corrected chi connectivity index (χ1v) is 35.2. The molecule has 2 spiro atoms. The van der Waals surface area contributed by atoms with E-state index < -0.39 is 66.2 Å². The van der Waals surface area contributed by atoms with Gasteiger partial charge >= 0.3 is 13.1 Å². The molecular formula is C65H97BCuIN15O16. The molecule has 2 aromatic carbocycles. The molecule has 8 amide bonds. The van der Waals surface area contributed by atoms with Crippen LogP contribution in [-0.4, -0.2) is 263 Å². The van der Waals surface area contributed by atoms with E-state index in [9.17, 15) is 58.3 Å². The van der Waals surface area contributed by atoms with E-state index in [4.69, 9.17) is 29.8 Å². The van der Waals surface area contributed by atoms with E-state index in [1.807, 2.05) is 24.3 Å². The Morgan fingerprint density at radius 3 is 2.09 bits per heavy atom. The summed E-state index contributed by atoms with van der Waals surface area (Å²) >= 11 is 2.19. The largest absolute Gasteiger partial charge is 0.484 e. The number of nitrogens with zero attached hydrogens (tertiary/aromatic N) is 6. The Kier molecular flexibility index (Phi) is 32.2. The maximum absolute atomic E-state index is 13.8. The van der Waals surface area contributed by atoms with E-state index in [0.29, 0.717) is 104 Å². The molecule has 4 bridgehead atoms. The van der Waals surface area contributed by atoms with Gasteiger partial charge in [-0.3, -0.25) is 43.3 Å². The fourth-order valence-electron chi connectivity index (χ4n) is 13.0. The second kappa shape index (κ2) is 39.8. The van der Waals surface area contributed by atoms with Crippen LogP contribution < -0.4 is 52.6 Å². The monoisotopic (exact) mass is 1540 g/mol. The number of likely N-dealkylation sites (tertiary alicyclic amines) is 1. The van der Waals surface area contributed by atoms with Crippen LogP contribution in [0.5, 0.6) is 5.75 Å². The molecule has 34 heteroatoms. The first-order chi connectivity index (χ1) is 47.2. The molecule has 0 aliphatic carbocycles. The third-order valence-electron chi connectivity index (χ3n) is 18.3. The Morgan fingerprint density at radius 1 is 0.717 bits per heavy atom. The standard InChI is InChI=1S/C65H97BIN15O16.Cu/c1-64-40-68-24-25-69-42-65(43-76-82(45-65)29-28-81(82,44-64)75-41-64)79-57(85)12-6-11-55(83)71-21-4-2-8-51(62(90)78-52(63(91)92)9-3-5-22-72-58(86)36-46-13-15-47(67)16-14-46)77-56(84)20-30-95-32-34-97-35-33-96-31-26-73-59(87)39-98-48-17-18-49-50(19-23-70-53(49)37-48)61(89)74-38-60(88)80-27-7-10-54(80)66(93)94;/h13-19,23,37,51-52,54,68-69,93-94H,2-12,20-22,24-36,38-45H2,1H3,(H,71,83)(H,72,86)(H,73,87)(H,74,89)(H,77,84)(H,78,90)(H,79,85)(H,91,92);/t51-,52-,54?,64?,65?,81?,82?;/m0./s1. The van der Waals surface area contributed by atoms with Crippen LogP contribution in [0.1, 0.15) is 99.9 Å². The summed E-state index contributed by atoms with van der Waals surface area (Å²) in [7, 11) is -1.66. The van der Waals surface area contributed by atoms with E-state index in [0.717, 1.165) is 54.9 Å². The van der Waals surface area contributed by atoms with Crippen molar-refractivity contribution >= 4 is 93.8 Å². The van der Waals surface area contributed by atoms with Gasteiger partial charge in [-0.1, -0.05) is 32.1 Å². The number of hydrogen-bond donors (Lipinski definition) is 12. The Hall–Kier alpha value is -6.25. The number of aromatic nitrogens is 1. The summed E-state index contributed by atoms with van der Waals surface area (Å²) in [5.74, 6) is -4.65. The predicted octanol–water partition coefficient (Wildman–Crippen LogP) is -0.234. The minimum absolute atomic E-state index is 0. The maximum Gasteiger partial charge on any atom is 0.475 e. The van der Waals surface area contributed by atoms with Gasteiger partial charge in [-0.2, -0.15) is 0 Å². The molecule has 1 radical (unpaired) electrons. The van der Waals surface area contributed by atoms with Gasteiger partial charge in [0.25, 0.3) is 11.8 Å². The molecule has 31 nitrogen and oxygen atoms in total. The van der Waals surface area contributed by atoms with Crippen molar-refractivity contribution in [2.75, 3.05) is 144 Å². The zero-order valence-electron chi connectivity index (χ0n) is 56.3. The SMILES string of the molecule is CC12C[N-][N+]3(CC[N+]34CC(NC(=O)CCCC(=O)NCCCC[C@H](NC(=O)CCOCCOCCOCCNC(=O)COc3ccc5c(C(=O)NCC(=O)N6CCCC6B(O)O)ccnc5c3)C(=O)N[C@@H](CCCCNC(=O)Cc3ccc(I)cc3)C(=O)O)(C[N-]4)CNCCNC1)C2.[Cu]. The number of carboxylic acids is 1. The van der Waals surface area contributed by atoms with E-state index >= 15 is 0 Å². The van der Waals surface area contributed by atoms with Gasteiger partial charge in [-0.15, -0.1) is 0 Å². The maximum atomic E-state index is 13.8. The van der Waals surface area contributed by atoms with Gasteiger partial charge in [0.1, 0.15) is 30.9 Å². The molecule has 3 aromatic rings. The summed E-state index contributed by atoms with van der Waals surface area (Å²) in [5, 5.41) is 56.6. The topological polar surface area (TPSA) is 404 Å². The third kappa shape index (κ3) is 24.5. The fraction of sp³-hybridized carbons (Fsp3) is 0.631. The van der Waals surface area contributed by atoms with Crippen molar-refractivity contribution in [3.63, 3.8) is 0 Å². The molecule has 5 aliphatic heterocycles. The number of carbonyl (C=O) groups is 9. The number of nitrogens with one attached hydrogen (secondary N) is 9. The van der Waals surface area contributed by atoms with Crippen molar-refractivity contribution in [2.45, 2.75) is 114 Å². The number of hydrogen-bond acceptors (Lipinski definition) is 18. The van der Waals surface area contributed by atoms with Crippen molar-refractivity contribution in [2.24, 2.45) is 5.41 Å². The van der Waals surface area contributed by atoms with Crippen molar-refractivity contribution in [3.05, 3.63) is 80.3 Å². The molecule has 5 fully saturated rings. The van der Waals surface area contributed by atoms with Crippen molar-refractivity contribution in [1.82, 2.24) is 57.7 Å². The Morgan fingerprint density at radius 2 is 1.37 bits per heavy atom. The van der Waals surface area contributed by atoms with Crippen LogP contribution in [0.2, 0.25) is 0 Å². The Bertz CT molecular complexity index is 3210.